The third-order valence-corrected chi connectivity index (χ3v) is 4.51. The smallest absolute Gasteiger partial charge is 0.338 e. The van der Waals surface area contributed by atoms with Crippen molar-refractivity contribution in [1.82, 2.24) is 19.9 Å². The van der Waals surface area contributed by atoms with Gasteiger partial charge in [0.2, 0.25) is 16.9 Å². The zero-order chi connectivity index (χ0) is 19.9. The molecule has 0 radical (unpaired) electrons. The van der Waals surface area contributed by atoms with Crippen LogP contribution in [0.25, 0.3) is 11.5 Å². The average molecular weight is 398 g/mol. The molecule has 3 N–H and O–H groups in total. The van der Waals surface area contributed by atoms with Gasteiger partial charge in [0.05, 0.1) is 17.9 Å². The molecule has 0 atom stereocenters. The number of anilines is 1. The molecule has 2 heterocycles. The predicted octanol–water partition coefficient (Wildman–Crippen LogP) is 1.96. The van der Waals surface area contributed by atoms with Gasteiger partial charge in [-0.05, 0) is 43.3 Å². The lowest BCUT2D eigenvalue weighted by Gasteiger charge is -2.06. The number of nitrogens with zero attached hydrogens (tertiary/aromatic N) is 4. The number of nitrogen functional groups attached to an aromatic ring is 1. The first-order chi connectivity index (χ1) is 13.6. The van der Waals surface area contributed by atoms with Gasteiger partial charge in [-0.25, -0.2) is 9.47 Å². The van der Waals surface area contributed by atoms with E-state index in [1.54, 1.807) is 49.5 Å². The van der Waals surface area contributed by atoms with E-state index in [1.807, 2.05) is 6.07 Å². The Morgan fingerprint density at radius 3 is 2.64 bits per heavy atom. The highest BCUT2D eigenvalue weighted by atomic mass is 32.2. The van der Waals surface area contributed by atoms with Crippen LogP contribution in [0.15, 0.2) is 53.8 Å². The molecular weight excluding hydrogens is 380 g/mol. The van der Waals surface area contributed by atoms with Crippen LogP contribution in [0.3, 0.4) is 0 Å². The summed E-state index contributed by atoms with van der Waals surface area (Å²) in [6, 6.07) is 11.9. The van der Waals surface area contributed by atoms with Crippen LogP contribution in [0.5, 0.6) is 0 Å². The van der Waals surface area contributed by atoms with Gasteiger partial charge in [0, 0.05) is 11.9 Å². The van der Waals surface area contributed by atoms with Gasteiger partial charge in [-0.3, -0.25) is 9.78 Å². The second-order valence-electron chi connectivity index (χ2n) is 5.53. The van der Waals surface area contributed by atoms with Crippen molar-refractivity contribution in [2.75, 3.05) is 23.5 Å². The quantitative estimate of drug-likeness (QED) is 0.351. The number of rotatable bonds is 7. The Morgan fingerprint density at radius 1 is 1.18 bits per heavy atom. The van der Waals surface area contributed by atoms with E-state index < -0.39 is 5.97 Å². The fraction of sp³-hybridized carbons (Fsp3) is 0.167. The first kappa shape index (κ1) is 19.4. The Balaban J connectivity index is 1.56. The van der Waals surface area contributed by atoms with E-state index in [2.05, 4.69) is 20.5 Å². The van der Waals surface area contributed by atoms with Crippen molar-refractivity contribution in [3.63, 3.8) is 0 Å². The number of pyridine rings is 1. The summed E-state index contributed by atoms with van der Waals surface area (Å²) in [6.07, 6.45) is 1.64. The number of nitrogens with one attached hydrogen (secondary N) is 1. The van der Waals surface area contributed by atoms with Crippen molar-refractivity contribution in [3.8, 4) is 11.5 Å². The van der Waals surface area contributed by atoms with Gasteiger partial charge in [-0.15, -0.1) is 10.2 Å². The maximum absolute atomic E-state index is 12.2. The number of carbonyl (C=O) groups is 2. The summed E-state index contributed by atoms with van der Waals surface area (Å²) < 4.78 is 6.22. The van der Waals surface area contributed by atoms with Gasteiger partial charge in [0.25, 0.3) is 0 Å². The molecule has 0 saturated heterocycles. The van der Waals surface area contributed by atoms with Gasteiger partial charge >= 0.3 is 5.97 Å². The van der Waals surface area contributed by atoms with Crippen LogP contribution in [0.2, 0.25) is 0 Å². The minimum Gasteiger partial charge on any atom is -0.462 e. The second kappa shape index (κ2) is 9.00. The molecular formula is C18H18N6O3S. The lowest BCUT2D eigenvalue weighted by Crippen LogP contribution is -2.16. The van der Waals surface area contributed by atoms with E-state index in [4.69, 9.17) is 10.6 Å². The molecule has 144 valence electrons. The summed E-state index contributed by atoms with van der Waals surface area (Å²) in [6.45, 7) is 2.05. The minimum atomic E-state index is -0.401. The highest BCUT2D eigenvalue weighted by Crippen LogP contribution is 2.20. The van der Waals surface area contributed by atoms with Crippen LogP contribution < -0.4 is 11.2 Å². The highest BCUT2D eigenvalue weighted by molar-refractivity contribution is 7.99. The molecule has 0 fully saturated rings. The zero-order valence-corrected chi connectivity index (χ0v) is 15.8. The second-order valence-corrected chi connectivity index (χ2v) is 6.47. The lowest BCUT2D eigenvalue weighted by molar-refractivity contribution is -0.113. The molecule has 2 aromatic heterocycles. The topological polar surface area (TPSA) is 125 Å². The number of ether oxygens (including phenoxy) is 1. The van der Waals surface area contributed by atoms with Crippen molar-refractivity contribution < 1.29 is 14.3 Å². The molecule has 3 rings (SSSR count). The highest BCUT2D eigenvalue weighted by Gasteiger charge is 2.14. The van der Waals surface area contributed by atoms with Crippen molar-refractivity contribution in [3.05, 3.63) is 54.2 Å². The molecule has 0 spiro atoms. The Hall–Kier alpha value is -3.40. The summed E-state index contributed by atoms with van der Waals surface area (Å²) in [4.78, 5) is 28.0. The number of benzene rings is 1. The molecule has 0 saturated carbocycles. The van der Waals surface area contributed by atoms with Crippen LogP contribution in [0, 0.1) is 0 Å². The van der Waals surface area contributed by atoms with E-state index in [0.29, 0.717) is 34.5 Å². The standard InChI is InChI=1S/C18H18N6O3S/c1-2-27-17(26)12-6-8-13(9-7-12)21-15(25)11-28-18-23-22-16(24(18)19)14-5-3-4-10-20-14/h3-10H,2,11,19H2,1H3,(H,21,25). The Bertz CT molecular complexity index is 959. The molecule has 28 heavy (non-hydrogen) atoms. The van der Waals surface area contributed by atoms with Crippen molar-refractivity contribution >= 4 is 29.3 Å². The predicted molar refractivity (Wildman–Crippen MR) is 105 cm³/mol. The van der Waals surface area contributed by atoms with Gasteiger partial charge in [-0.1, -0.05) is 17.8 Å². The molecule has 0 unspecified atom stereocenters. The van der Waals surface area contributed by atoms with E-state index in [0.717, 1.165) is 11.8 Å². The molecule has 1 amide bonds. The number of aromatic nitrogens is 4. The van der Waals surface area contributed by atoms with Crippen LogP contribution in [-0.2, 0) is 9.53 Å². The number of thioether (sulfide) groups is 1. The fourth-order valence-corrected chi connectivity index (χ4v) is 2.93. The molecule has 0 aliphatic rings. The van der Waals surface area contributed by atoms with Crippen LogP contribution in [-0.4, -0.2) is 44.1 Å². The Morgan fingerprint density at radius 2 is 1.96 bits per heavy atom. The number of hydrogen-bond donors (Lipinski definition) is 2. The largest absolute Gasteiger partial charge is 0.462 e. The number of amides is 1. The van der Waals surface area contributed by atoms with E-state index in [1.165, 1.54) is 4.68 Å². The van der Waals surface area contributed by atoms with E-state index >= 15 is 0 Å². The summed E-state index contributed by atoms with van der Waals surface area (Å²) >= 11 is 1.15. The monoisotopic (exact) mass is 398 g/mol. The average Bonchev–Trinajstić information content (AvgIpc) is 3.08. The third-order valence-electron chi connectivity index (χ3n) is 3.57. The van der Waals surface area contributed by atoms with Gasteiger partial charge in [0.1, 0.15) is 5.69 Å². The molecule has 0 bridgehead atoms. The first-order valence-corrected chi connectivity index (χ1v) is 9.38. The molecule has 10 heteroatoms. The Kier molecular flexibility index (Phi) is 6.22. The number of carbonyl (C=O) groups excluding carboxylic acids is 2. The lowest BCUT2D eigenvalue weighted by atomic mass is 10.2. The van der Waals surface area contributed by atoms with Crippen molar-refractivity contribution in [2.24, 2.45) is 0 Å². The van der Waals surface area contributed by atoms with E-state index in [9.17, 15) is 9.59 Å². The zero-order valence-electron chi connectivity index (χ0n) is 15.0. The van der Waals surface area contributed by atoms with Gasteiger partial charge < -0.3 is 15.9 Å². The Labute approximate surface area is 165 Å². The molecule has 9 nitrogen and oxygen atoms in total. The molecule has 0 aliphatic carbocycles. The summed E-state index contributed by atoms with van der Waals surface area (Å²) in [5, 5.41) is 11.2. The summed E-state index contributed by atoms with van der Waals surface area (Å²) in [5.74, 6) is 5.87. The van der Waals surface area contributed by atoms with Gasteiger partial charge in [-0.2, -0.15) is 0 Å². The number of hydrogen-bond acceptors (Lipinski definition) is 8. The SMILES string of the molecule is CCOC(=O)c1ccc(NC(=O)CSc2nnc(-c3ccccn3)n2N)cc1. The number of nitrogens with two attached hydrogens (primary N) is 1. The maximum Gasteiger partial charge on any atom is 0.338 e. The van der Waals surface area contributed by atoms with Crippen LogP contribution in [0.1, 0.15) is 17.3 Å². The molecule has 0 aliphatic heterocycles. The first-order valence-electron chi connectivity index (χ1n) is 8.40. The molecule has 1 aromatic carbocycles. The fourth-order valence-electron chi connectivity index (χ4n) is 2.28. The normalized spacial score (nSPS) is 10.5. The van der Waals surface area contributed by atoms with Crippen LogP contribution in [0.4, 0.5) is 5.69 Å². The van der Waals surface area contributed by atoms with Crippen molar-refractivity contribution in [2.45, 2.75) is 12.1 Å². The van der Waals surface area contributed by atoms with Crippen LogP contribution >= 0.6 is 11.8 Å². The number of esters is 1. The molecule has 3 aromatic rings. The van der Waals surface area contributed by atoms with Gasteiger partial charge in [0.15, 0.2) is 0 Å². The van der Waals surface area contributed by atoms with Crippen molar-refractivity contribution in [1.29, 1.82) is 0 Å². The maximum atomic E-state index is 12.2. The van der Waals surface area contributed by atoms with E-state index in [-0.39, 0.29) is 11.7 Å². The minimum absolute atomic E-state index is 0.0944. The third kappa shape index (κ3) is 4.65. The summed E-state index contributed by atoms with van der Waals surface area (Å²) in [5.41, 5.74) is 1.59. The summed E-state index contributed by atoms with van der Waals surface area (Å²) in [7, 11) is 0.